The minimum Gasteiger partial charge on any atom is -0.493 e. The second-order valence-electron chi connectivity index (χ2n) is 5.38. The molecule has 118 valence electrons. The first-order valence-corrected chi connectivity index (χ1v) is 7.53. The number of aromatic nitrogens is 2. The van der Waals surface area contributed by atoms with Crippen molar-refractivity contribution < 1.29 is 9.53 Å². The Hall–Kier alpha value is -2.30. The molecule has 0 aliphatic carbocycles. The smallest absolute Gasteiger partial charge is 0.223 e. The van der Waals surface area contributed by atoms with E-state index in [9.17, 15) is 4.79 Å². The van der Waals surface area contributed by atoms with E-state index < -0.39 is 0 Å². The summed E-state index contributed by atoms with van der Waals surface area (Å²) >= 11 is 0. The lowest BCUT2D eigenvalue weighted by Gasteiger charge is -2.09. The van der Waals surface area contributed by atoms with Crippen LogP contribution in [0.2, 0.25) is 0 Å². The van der Waals surface area contributed by atoms with Crippen molar-refractivity contribution in [3.05, 3.63) is 46.8 Å². The van der Waals surface area contributed by atoms with Gasteiger partial charge in [-0.2, -0.15) is 5.10 Å². The number of rotatable bonds is 7. The first-order valence-electron chi connectivity index (χ1n) is 7.53. The molecular weight excluding hydrogens is 278 g/mol. The molecule has 22 heavy (non-hydrogen) atoms. The summed E-state index contributed by atoms with van der Waals surface area (Å²) in [4.78, 5) is 11.8. The first kappa shape index (κ1) is 16.1. The number of nitrogens with one attached hydrogen (secondary N) is 2. The van der Waals surface area contributed by atoms with Gasteiger partial charge in [-0.15, -0.1) is 0 Å². The van der Waals surface area contributed by atoms with Gasteiger partial charge in [0.25, 0.3) is 0 Å². The number of hydrogen-bond donors (Lipinski definition) is 2. The summed E-state index contributed by atoms with van der Waals surface area (Å²) in [6.45, 7) is 6.96. The molecule has 2 rings (SSSR count). The summed E-state index contributed by atoms with van der Waals surface area (Å²) in [5.74, 6) is 0.840. The van der Waals surface area contributed by atoms with Gasteiger partial charge in [0.2, 0.25) is 5.91 Å². The number of carbonyl (C=O) groups excluding carboxylic acids is 1. The van der Waals surface area contributed by atoms with Crippen molar-refractivity contribution in [2.75, 3.05) is 13.2 Å². The molecule has 0 spiro atoms. The Morgan fingerprint density at radius 1 is 1.27 bits per heavy atom. The highest BCUT2D eigenvalue weighted by Gasteiger charge is 2.07. The molecule has 1 aromatic heterocycles. The van der Waals surface area contributed by atoms with E-state index in [0.717, 1.165) is 29.1 Å². The highest BCUT2D eigenvalue weighted by atomic mass is 16.5. The van der Waals surface area contributed by atoms with Crippen LogP contribution >= 0.6 is 0 Å². The van der Waals surface area contributed by atoms with Gasteiger partial charge in [0.15, 0.2) is 0 Å². The van der Waals surface area contributed by atoms with E-state index in [4.69, 9.17) is 4.74 Å². The van der Waals surface area contributed by atoms with Crippen LogP contribution in [0.25, 0.3) is 0 Å². The largest absolute Gasteiger partial charge is 0.493 e. The summed E-state index contributed by atoms with van der Waals surface area (Å²) in [7, 11) is 0. The van der Waals surface area contributed by atoms with Crippen LogP contribution in [-0.2, 0) is 11.2 Å². The summed E-state index contributed by atoms with van der Waals surface area (Å²) in [6.07, 6.45) is 1.15. The second kappa shape index (κ2) is 7.64. The zero-order chi connectivity index (χ0) is 15.9. The second-order valence-corrected chi connectivity index (χ2v) is 5.38. The maximum absolute atomic E-state index is 11.8. The lowest BCUT2D eigenvalue weighted by atomic mass is 10.1. The molecule has 0 atom stereocenters. The molecule has 0 unspecified atom stereocenters. The van der Waals surface area contributed by atoms with Gasteiger partial charge in [-0.1, -0.05) is 18.2 Å². The molecule has 0 saturated heterocycles. The topological polar surface area (TPSA) is 67.0 Å². The van der Waals surface area contributed by atoms with Crippen LogP contribution in [0.1, 0.15) is 28.9 Å². The Bertz CT molecular complexity index is 615. The van der Waals surface area contributed by atoms with Crippen LogP contribution in [0, 0.1) is 20.8 Å². The highest BCUT2D eigenvalue weighted by Crippen LogP contribution is 2.16. The molecule has 1 amide bonds. The summed E-state index contributed by atoms with van der Waals surface area (Å²) < 4.78 is 5.62. The van der Waals surface area contributed by atoms with Crippen LogP contribution in [0.4, 0.5) is 0 Å². The molecule has 0 aliphatic rings. The van der Waals surface area contributed by atoms with Gasteiger partial charge in [0.05, 0.1) is 18.7 Å². The quantitative estimate of drug-likeness (QED) is 0.825. The molecule has 0 fully saturated rings. The zero-order valence-electron chi connectivity index (χ0n) is 13.4. The number of amides is 1. The fraction of sp³-hybridized carbons (Fsp3) is 0.412. The van der Waals surface area contributed by atoms with Crippen LogP contribution in [0.15, 0.2) is 24.3 Å². The van der Waals surface area contributed by atoms with E-state index >= 15 is 0 Å². The Labute approximate surface area is 131 Å². The van der Waals surface area contributed by atoms with Crippen LogP contribution in [0.5, 0.6) is 5.75 Å². The molecule has 1 heterocycles. The van der Waals surface area contributed by atoms with Gasteiger partial charge in [0, 0.05) is 12.2 Å². The zero-order valence-corrected chi connectivity index (χ0v) is 13.4. The number of hydrogen-bond acceptors (Lipinski definition) is 3. The van der Waals surface area contributed by atoms with E-state index in [1.807, 2.05) is 45.0 Å². The molecule has 5 heteroatoms. The number of aromatic amines is 1. The molecule has 0 radical (unpaired) electrons. The Morgan fingerprint density at radius 3 is 2.73 bits per heavy atom. The van der Waals surface area contributed by atoms with Gasteiger partial charge in [-0.25, -0.2) is 0 Å². The van der Waals surface area contributed by atoms with Crippen molar-refractivity contribution in [3.8, 4) is 5.75 Å². The Kier molecular flexibility index (Phi) is 5.58. The van der Waals surface area contributed by atoms with Gasteiger partial charge in [0.1, 0.15) is 5.75 Å². The third-order valence-electron chi connectivity index (χ3n) is 3.66. The van der Waals surface area contributed by atoms with Gasteiger partial charge in [-0.3, -0.25) is 9.89 Å². The number of benzene rings is 1. The number of para-hydroxylation sites is 1. The minimum absolute atomic E-state index is 0.00684. The predicted octanol–water partition coefficient (Wildman–Crippen LogP) is 2.46. The van der Waals surface area contributed by atoms with Crippen molar-refractivity contribution in [2.45, 2.75) is 33.6 Å². The van der Waals surface area contributed by atoms with E-state index in [1.165, 1.54) is 5.56 Å². The molecular formula is C17H23N3O2. The van der Waals surface area contributed by atoms with Gasteiger partial charge >= 0.3 is 0 Å². The Balaban J connectivity index is 1.67. The maximum Gasteiger partial charge on any atom is 0.223 e. The van der Waals surface area contributed by atoms with Crippen molar-refractivity contribution in [1.82, 2.24) is 15.5 Å². The summed E-state index contributed by atoms with van der Waals surface area (Å²) in [6, 6.07) is 7.80. The molecule has 5 nitrogen and oxygen atoms in total. The minimum atomic E-state index is 0.00684. The molecule has 1 aromatic carbocycles. The number of H-pyrrole nitrogens is 1. The van der Waals surface area contributed by atoms with Crippen LogP contribution in [0.3, 0.4) is 0 Å². The van der Waals surface area contributed by atoms with Crippen LogP contribution < -0.4 is 10.1 Å². The third kappa shape index (κ3) is 4.35. The van der Waals surface area contributed by atoms with Crippen molar-refractivity contribution in [3.63, 3.8) is 0 Å². The number of nitrogens with zero attached hydrogens (tertiary/aromatic N) is 1. The SMILES string of the molecule is Cc1ccccc1OCCC(=O)NCCc1c(C)n[nH]c1C. The fourth-order valence-electron chi connectivity index (χ4n) is 2.33. The highest BCUT2D eigenvalue weighted by molar-refractivity contribution is 5.76. The molecule has 2 N–H and O–H groups in total. The standard InChI is InChI=1S/C17H23N3O2/c1-12-6-4-5-7-16(12)22-11-9-17(21)18-10-8-15-13(2)19-20-14(15)3/h4-7H,8-11H2,1-3H3,(H,18,21)(H,19,20). The number of ether oxygens (including phenoxy) is 1. The van der Waals surface area contributed by atoms with Crippen molar-refractivity contribution in [2.24, 2.45) is 0 Å². The first-order chi connectivity index (χ1) is 10.6. The molecule has 0 saturated carbocycles. The lowest BCUT2D eigenvalue weighted by Crippen LogP contribution is -2.27. The Morgan fingerprint density at radius 2 is 2.05 bits per heavy atom. The van der Waals surface area contributed by atoms with E-state index in [0.29, 0.717) is 19.6 Å². The average Bonchev–Trinajstić information content (AvgIpc) is 2.81. The van der Waals surface area contributed by atoms with Crippen molar-refractivity contribution >= 4 is 5.91 Å². The molecule has 0 aliphatic heterocycles. The lowest BCUT2D eigenvalue weighted by molar-refractivity contribution is -0.121. The fourth-order valence-corrected chi connectivity index (χ4v) is 2.33. The van der Waals surface area contributed by atoms with Crippen molar-refractivity contribution in [1.29, 1.82) is 0 Å². The number of aryl methyl sites for hydroxylation is 3. The van der Waals surface area contributed by atoms with Gasteiger partial charge in [-0.05, 0) is 44.4 Å². The molecule has 0 bridgehead atoms. The van der Waals surface area contributed by atoms with E-state index in [-0.39, 0.29) is 5.91 Å². The maximum atomic E-state index is 11.8. The number of carbonyl (C=O) groups is 1. The van der Waals surface area contributed by atoms with Gasteiger partial charge < -0.3 is 10.1 Å². The molecule has 2 aromatic rings. The predicted molar refractivity (Wildman–Crippen MR) is 86.1 cm³/mol. The van der Waals surface area contributed by atoms with E-state index in [1.54, 1.807) is 0 Å². The third-order valence-corrected chi connectivity index (χ3v) is 3.66. The van der Waals surface area contributed by atoms with E-state index in [2.05, 4.69) is 15.5 Å². The van der Waals surface area contributed by atoms with Crippen LogP contribution in [-0.4, -0.2) is 29.3 Å². The summed E-state index contributed by atoms with van der Waals surface area (Å²) in [5.41, 5.74) is 4.31. The monoisotopic (exact) mass is 301 g/mol. The average molecular weight is 301 g/mol. The summed E-state index contributed by atoms with van der Waals surface area (Å²) in [5, 5.41) is 10.0. The normalized spacial score (nSPS) is 10.5.